The van der Waals surface area contributed by atoms with Gasteiger partial charge in [-0.25, -0.2) is 0 Å². The van der Waals surface area contributed by atoms with Crippen molar-refractivity contribution >= 4 is 5.91 Å². The summed E-state index contributed by atoms with van der Waals surface area (Å²) in [6, 6.07) is 1.60. The van der Waals surface area contributed by atoms with Gasteiger partial charge in [-0.3, -0.25) is 4.79 Å². The maximum atomic E-state index is 11.4. The Morgan fingerprint density at radius 3 is 2.82 bits per heavy atom. The Morgan fingerprint density at radius 1 is 1.59 bits per heavy atom. The van der Waals surface area contributed by atoms with Crippen molar-refractivity contribution in [1.29, 1.82) is 5.26 Å². The lowest BCUT2D eigenvalue weighted by Crippen LogP contribution is -2.37. The number of nitrogens with zero attached hydrogens (tertiary/aromatic N) is 4. The Balaban J connectivity index is 3.80. The molecular formula is C10H18N6O. The van der Waals surface area contributed by atoms with Gasteiger partial charge in [0, 0.05) is 17.5 Å². The van der Waals surface area contributed by atoms with E-state index in [0.717, 1.165) is 0 Å². The summed E-state index contributed by atoms with van der Waals surface area (Å²) in [7, 11) is 0. The Bertz CT molecular complexity index is 315. The van der Waals surface area contributed by atoms with Crippen molar-refractivity contribution in [3.8, 4) is 6.07 Å². The van der Waals surface area contributed by atoms with Crippen LogP contribution in [0.25, 0.3) is 10.4 Å². The van der Waals surface area contributed by atoms with Gasteiger partial charge >= 0.3 is 0 Å². The second kappa shape index (κ2) is 9.46. The fourth-order valence-corrected chi connectivity index (χ4v) is 1.20. The monoisotopic (exact) mass is 238 g/mol. The number of nitriles is 1. The van der Waals surface area contributed by atoms with Crippen LogP contribution < -0.4 is 10.6 Å². The Kier molecular flexibility index (Phi) is 8.47. The second-order valence-electron chi connectivity index (χ2n) is 3.87. The molecule has 0 bridgehead atoms. The lowest BCUT2D eigenvalue weighted by molar-refractivity contribution is -0.121. The molecule has 7 nitrogen and oxygen atoms in total. The smallest absolute Gasteiger partial charge is 0.222 e. The van der Waals surface area contributed by atoms with E-state index in [1.807, 2.05) is 19.9 Å². The highest BCUT2D eigenvalue weighted by molar-refractivity contribution is 5.77. The van der Waals surface area contributed by atoms with Crippen LogP contribution in [-0.2, 0) is 4.79 Å². The number of rotatable bonds is 8. The van der Waals surface area contributed by atoms with Crippen LogP contribution >= 0.6 is 0 Å². The van der Waals surface area contributed by atoms with E-state index < -0.39 is 6.04 Å². The van der Waals surface area contributed by atoms with Crippen molar-refractivity contribution < 1.29 is 4.79 Å². The van der Waals surface area contributed by atoms with Gasteiger partial charge in [0.05, 0.1) is 12.5 Å². The van der Waals surface area contributed by atoms with Gasteiger partial charge in [0.25, 0.3) is 0 Å². The summed E-state index contributed by atoms with van der Waals surface area (Å²) in [5, 5.41) is 17.9. The van der Waals surface area contributed by atoms with E-state index >= 15 is 0 Å². The Labute approximate surface area is 101 Å². The van der Waals surface area contributed by atoms with Crippen molar-refractivity contribution in [3.05, 3.63) is 10.4 Å². The maximum Gasteiger partial charge on any atom is 0.222 e. The third-order valence-electron chi connectivity index (χ3n) is 1.88. The molecule has 0 aromatic heterocycles. The molecule has 17 heavy (non-hydrogen) atoms. The first-order chi connectivity index (χ1) is 8.10. The number of carbonyl (C=O) groups excluding carboxylic acids is 1. The first-order valence-corrected chi connectivity index (χ1v) is 5.53. The van der Waals surface area contributed by atoms with Gasteiger partial charge in [-0.2, -0.15) is 5.26 Å². The molecule has 1 atom stereocenters. The van der Waals surface area contributed by atoms with E-state index in [-0.39, 0.29) is 18.4 Å². The van der Waals surface area contributed by atoms with Crippen molar-refractivity contribution in [2.45, 2.75) is 38.8 Å². The largest absolute Gasteiger partial charge is 0.354 e. The highest BCUT2D eigenvalue weighted by Crippen LogP contribution is 1.92. The van der Waals surface area contributed by atoms with Gasteiger partial charge < -0.3 is 10.6 Å². The SMILES string of the molecule is CC(C)NC(=O)CC(C#N)NCCCN=[N+]=[N-]. The van der Waals surface area contributed by atoms with Gasteiger partial charge in [-0.05, 0) is 32.3 Å². The van der Waals surface area contributed by atoms with Crippen LogP contribution in [0.2, 0.25) is 0 Å². The first-order valence-electron chi connectivity index (χ1n) is 5.53. The van der Waals surface area contributed by atoms with E-state index in [1.165, 1.54) is 0 Å². The van der Waals surface area contributed by atoms with Crippen LogP contribution in [0.3, 0.4) is 0 Å². The van der Waals surface area contributed by atoms with Crippen LogP contribution in [-0.4, -0.2) is 31.1 Å². The quantitative estimate of drug-likeness (QED) is 0.285. The molecule has 0 spiro atoms. The van der Waals surface area contributed by atoms with E-state index in [4.69, 9.17) is 10.8 Å². The molecule has 0 saturated carbocycles. The lowest BCUT2D eigenvalue weighted by Gasteiger charge is -2.12. The molecule has 0 aliphatic carbocycles. The van der Waals surface area contributed by atoms with E-state index in [1.54, 1.807) is 0 Å². The van der Waals surface area contributed by atoms with Crippen LogP contribution in [0.4, 0.5) is 0 Å². The fourth-order valence-electron chi connectivity index (χ4n) is 1.20. The van der Waals surface area contributed by atoms with Crippen LogP contribution in [0.5, 0.6) is 0 Å². The summed E-state index contributed by atoms with van der Waals surface area (Å²) < 4.78 is 0. The number of azide groups is 1. The molecule has 0 saturated heterocycles. The normalized spacial score (nSPS) is 11.4. The van der Waals surface area contributed by atoms with Gasteiger partial charge in [-0.15, -0.1) is 0 Å². The summed E-state index contributed by atoms with van der Waals surface area (Å²) in [6.45, 7) is 4.67. The number of amides is 1. The summed E-state index contributed by atoms with van der Waals surface area (Å²) in [5.74, 6) is -0.144. The molecule has 0 aliphatic heterocycles. The average Bonchev–Trinajstić information content (AvgIpc) is 2.26. The summed E-state index contributed by atoms with van der Waals surface area (Å²) in [4.78, 5) is 14.0. The first kappa shape index (κ1) is 15.2. The molecule has 0 aromatic rings. The van der Waals surface area contributed by atoms with Gasteiger partial charge in [0.1, 0.15) is 6.04 Å². The van der Waals surface area contributed by atoms with Gasteiger partial charge in [0.2, 0.25) is 5.91 Å². The summed E-state index contributed by atoms with van der Waals surface area (Å²) >= 11 is 0. The molecule has 0 fully saturated rings. The van der Waals surface area contributed by atoms with Crippen LogP contribution in [0.15, 0.2) is 5.11 Å². The van der Waals surface area contributed by atoms with Crippen LogP contribution in [0.1, 0.15) is 26.7 Å². The molecule has 1 amide bonds. The molecule has 0 rings (SSSR count). The molecule has 7 heteroatoms. The van der Waals surface area contributed by atoms with E-state index in [0.29, 0.717) is 19.5 Å². The molecule has 94 valence electrons. The topological polar surface area (TPSA) is 114 Å². The molecule has 2 N–H and O–H groups in total. The summed E-state index contributed by atoms with van der Waals surface area (Å²) in [5.41, 5.74) is 8.06. The Morgan fingerprint density at radius 2 is 2.29 bits per heavy atom. The number of carbonyl (C=O) groups is 1. The van der Waals surface area contributed by atoms with Crippen molar-refractivity contribution in [3.63, 3.8) is 0 Å². The number of hydrogen-bond acceptors (Lipinski definition) is 4. The maximum absolute atomic E-state index is 11.4. The zero-order valence-corrected chi connectivity index (χ0v) is 10.2. The van der Waals surface area contributed by atoms with Crippen molar-refractivity contribution in [2.24, 2.45) is 5.11 Å². The number of nitrogens with one attached hydrogen (secondary N) is 2. The fraction of sp³-hybridized carbons (Fsp3) is 0.800. The second-order valence-corrected chi connectivity index (χ2v) is 3.87. The third-order valence-corrected chi connectivity index (χ3v) is 1.88. The molecule has 0 aliphatic rings. The van der Waals surface area contributed by atoms with E-state index in [2.05, 4.69) is 20.7 Å². The zero-order chi connectivity index (χ0) is 13.1. The highest BCUT2D eigenvalue weighted by atomic mass is 16.1. The Hall–Kier alpha value is -1.77. The third kappa shape index (κ3) is 9.18. The molecular weight excluding hydrogens is 220 g/mol. The predicted molar refractivity (Wildman–Crippen MR) is 63.9 cm³/mol. The van der Waals surface area contributed by atoms with Crippen molar-refractivity contribution in [1.82, 2.24) is 10.6 Å². The highest BCUT2D eigenvalue weighted by Gasteiger charge is 2.12. The average molecular weight is 238 g/mol. The van der Waals surface area contributed by atoms with Crippen molar-refractivity contribution in [2.75, 3.05) is 13.1 Å². The predicted octanol–water partition coefficient (Wildman–Crippen LogP) is 1.08. The molecule has 0 aromatic carbocycles. The minimum absolute atomic E-state index is 0.0757. The summed E-state index contributed by atoms with van der Waals surface area (Å²) in [6.07, 6.45) is 0.782. The van der Waals surface area contributed by atoms with E-state index in [9.17, 15) is 4.79 Å². The minimum Gasteiger partial charge on any atom is -0.354 e. The minimum atomic E-state index is -0.500. The molecule has 0 heterocycles. The van der Waals surface area contributed by atoms with Gasteiger partial charge in [-0.1, -0.05) is 5.11 Å². The molecule has 0 radical (unpaired) electrons. The van der Waals surface area contributed by atoms with Crippen LogP contribution in [0, 0.1) is 11.3 Å². The number of hydrogen-bond donors (Lipinski definition) is 2. The zero-order valence-electron chi connectivity index (χ0n) is 10.2. The van der Waals surface area contributed by atoms with Gasteiger partial charge in [0.15, 0.2) is 0 Å². The standard InChI is InChI=1S/C10H18N6O/c1-8(2)15-10(17)6-9(7-11)13-4-3-5-14-16-12/h8-9,13H,3-6H2,1-2H3,(H,15,17). The molecule has 1 unspecified atom stereocenters. The lowest BCUT2D eigenvalue weighted by atomic mass is 10.2.